The molecule has 0 fully saturated rings. The van der Waals surface area contributed by atoms with Crippen LogP contribution >= 0.6 is 0 Å². The fraction of sp³-hybridized carbons (Fsp3) is 0.0588. The number of carbonyl (C=O) groups is 1. The summed E-state index contributed by atoms with van der Waals surface area (Å²) in [5, 5.41) is 3.66. The van der Waals surface area contributed by atoms with E-state index < -0.39 is 5.97 Å². The number of nitrogens with zero attached hydrogens (tertiary/aromatic N) is 1. The third kappa shape index (κ3) is 2.38. The average Bonchev–Trinajstić information content (AvgIpc) is 2.81. The van der Waals surface area contributed by atoms with Crippen LogP contribution in [0.15, 0.2) is 65.3 Å². The summed E-state index contributed by atoms with van der Waals surface area (Å²) >= 11 is 0. The van der Waals surface area contributed by atoms with E-state index in [0.29, 0.717) is 11.3 Å². The molecule has 20 heavy (non-hydrogen) atoms. The molecule has 0 atom stereocenters. The Morgan fingerprint density at radius 1 is 0.950 bits per heavy atom. The molecule has 98 valence electrons. The minimum absolute atomic E-state index is 0.394. The number of benzene rings is 2. The Kier molecular flexibility index (Phi) is 3.17. The van der Waals surface area contributed by atoms with Crippen molar-refractivity contribution in [2.24, 2.45) is 5.16 Å². The van der Waals surface area contributed by atoms with Crippen molar-refractivity contribution in [1.82, 2.24) is 0 Å². The largest absolute Gasteiger partial charge is 0.367 e. The highest BCUT2D eigenvalue weighted by molar-refractivity contribution is 6.24. The third-order valence-corrected chi connectivity index (χ3v) is 3.20. The summed E-state index contributed by atoms with van der Waals surface area (Å²) in [6.45, 7) is 1.76. The lowest BCUT2D eigenvalue weighted by molar-refractivity contribution is -0.136. The first-order valence-corrected chi connectivity index (χ1v) is 6.37. The Morgan fingerprint density at radius 2 is 1.60 bits per heavy atom. The summed E-state index contributed by atoms with van der Waals surface area (Å²) in [5.74, 6) is -0.394. The Hall–Kier alpha value is -2.68. The van der Waals surface area contributed by atoms with Gasteiger partial charge in [-0.2, -0.15) is 0 Å². The van der Waals surface area contributed by atoms with Gasteiger partial charge in [0, 0.05) is 0 Å². The van der Waals surface area contributed by atoms with Crippen molar-refractivity contribution < 1.29 is 9.63 Å². The SMILES string of the molecule is CC1=NOC(=O)/C1=C\c1ccc(-c2ccccc2)cc1. The highest BCUT2D eigenvalue weighted by Crippen LogP contribution is 2.21. The maximum atomic E-state index is 11.5. The predicted octanol–water partition coefficient (Wildman–Crippen LogP) is 3.67. The van der Waals surface area contributed by atoms with Crippen LogP contribution in [0.4, 0.5) is 0 Å². The molecule has 0 aliphatic carbocycles. The van der Waals surface area contributed by atoms with Crippen LogP contribution in [0.1, 0.15) is 12.5 Å². The van der Waals surface area contributed by atoms with Gasteiger partial charge in [-0.15, -0.1) is 0 Å². The molecule has 3 heteroatoms. The monoisotopic (exact) mass is 263 g/mol. The highest BCUT2D eigenvalue weighted by atomic mass is 16.7. The molecule has 2 aromatic rings. The standard InChI is InChI=1S/C17H13NO2/c1-12-16(17(19)20-18-12)11-13-7-9-15(10-8-13)14-5-3-2-4-6-14/h2-11H,1H3/b16-11-. The molecule has 0 radical (unpaired) electrons. The Balaban J connectivity index is 1.89. The quantitative estimate of drug-likeness (QED) is 0.612. The van der Waals surface area contributed by atoms with Gasteiger partial charge in [0.15, 0.2) is 0 Å². The Morgan fingerprint density at radius 3 is 2.20 bits per heavy atom. The molecule has 1 heterocycles. The van der Waals surface area contributed by atoms with Crippen molar-refractivity contribution in [1.29, 1.82) is 0 Å². The van der Waals surface area contributed by atoms with E-state index in [9.17, 15) is 4.79 Å². The molecule has 0 spiro atoms. The van der Waals surface area contributed by atoms with Gasteiger partial charge in [-0.1, -0.05) is 59.8 Å². The van der Waals surface area contributed by atoms with Crippen molar-refractivity contribution in [2.45, 2.75) is 6.92 Å². The summed E-state index contributed by atoms with van der Waals surface area (Å²) in [6, 6.07) is 18.2. The molecule has 0 bridgehead atoms. The van der Waals surface area contributed by atoms with E-state index in [-0.39, 0.29) is 0 Å². The molecule has 0 unspecified atom stereocenters. The maximum absolute atomic E-state index is 11.5. The number of rotatable bonds is 2. The number of oxime groups is 1. The van der Waals surface area contributed by atoms with Crippen LogP contribution in [0.5, 0.6) is 0 Å². The van der Waals surface area contributed by atoms with Gasteiger partial charge in [-0.3, -0.25) is 0 Å². The van der Waals surface area contributed by atoms with E-state index in [4.69, 9.17) is 0 Å². The summed E-state index contributed by atoms with van der Waals surface area (Å²) in [4.78, 5) is 16.1. The summed E-state index contributed by atoms with van der Waals surface area (Å²) < 4.78 is 0. The van der Waals surface area contributed by atoms with Gasteiger partial charge in [0.1, 0.15) is 0 Å². The van der Waals surface area contributed by atoms with Crippen LogP contribution < -0.4 is 0 Å². The molecule has 3 nitrogen and oxygen atoms in total. The lowest BCUT2D eigenvalue weighted by Gasteiger charge is -2.02. The lowest BCUT2D eigenvalue weighted by Crippen LogP contribution is -2.01. The molecular weight excluding hydrogens is 250 g/mol. The molecule has 1 aliphatic heterocycles. The van der Waals surface area contributed by atoms with Crippen LogP contribution in [0.2, 0.25) is 0 Å². The topological polar surface area (TPSA) is 38.7 Å². The van der Waals surface area contributed by atoms with E-state index in [1.807, 2.05) is 42.5 Å². The van der Waals surface area contributed by atoms with Crippen molar-refractivity contribution in [3.63, 3.8) is 0 Å². The fourth-order valence-electron chi connectivity index (χ4n) is 2.09. The zero-order valence-corrected chi connectivity index (χ0v) is 11.0. The fourth-order valence-corrected chi connectivity index (χ4v) is 2.09. The molecule has 0 N–H and O–H groups in total. The second kappa shape index (κ2) is 5.13. The second-order valence-corrected chi connectivity index (χ2v) is 4.60. The molecule has 0 saturated carbocycles. The molecule has 2 aromatic carbocycles. The van der Waals surface area contributed by atoms with Crippen LogP contribution in [-0.2, 0) is 9.63 Å². The van der Waals surface area contributed by atoms with Gasteiger partial charge >= 0.3 is 5.97 Å². The van der Waals surface area contributed by atoms with Crippen molar-refractivity contribution in [3.8, 4) is 11.1 Å². The molecule has 0 amide bonds. The predicted molar refractivity (Wildman–Crippen MR) is 79.1 cm³/mol. The third-order valence-electron chi connectivity index (χ3n) is 3.20. The van der Waals surface area contributed by atoms with Gasteiger partial charge < -0.3 is 4.84 Å². The van der Waals surface area contributed by atoms with Crippen molar-refractivity contribution in [3.05, 3.63) is 65.7 Å². The summed E-state index contributed by atoms with van der Waals surface area (Å²) in [7, 11) is 0. The minimum Gasteiger partial charge on any atom is -0.312 e. The van der Waals surface area contributed by atoms with Gasteiger partial charge in [-0.25, -0.2) is 4.79 Å². The first-order valence-electron chi connectivity index (χ1n) is 6.37. The lowest BCUT2D eigenvalue weighted by atomic mass is 10.0. The van der Waals surface area contributed by atoms with E-state index in [2.05, 4.69) is 22.1 Å². The van der Waals surface area contributed by atoms with Crippen LogP contribution in [0, 0.1) is 0 Å². The molecular formula is C17H13NO2. The number of carbonyl (C=O) groups excluding carboxylic acids is 1. The van der Waals surface area contributed by atoms with Crippen molar-refractivity contribution in [2.75, 3.05) is 0 Å². The number of hydrogen-bond donors (Lipinski definition) is 0. The number of hydrogen-bond acceptors (Lipinski definition) is 3. The van der Waals surface area contributed by atoms with Gasteiger partial charge in [0.25, 0.3) is 0 Å². The second-order valence-electron chi connectivity index (χ2n) is 4.60. The normalized spacial score (nSPS) is 16.1. The first kappa shape index (κ1) is 12.4. The zero-order chi connectivity index (χ0) is 13.9. The Bertz CT molecular complexity index is 698. The molecule has 1 aliphatic rings. The zero-order valence-electron chi connectivity index (χ0n) is 11.0. The van der Waals surface area contributed by atoms with Gasteiger partial charge in [0.05, 0.1) is 11.3 Å². The minimum atomic E-state index is -0.394. The van der Waals surface area contributed by atoms with E-state index in [1.54, 1.807) is 13.0 Å². The molecule has 0 saturated heterocycles. The van der Waals surface area contributed by atoms with Gasteiger partial charge in [-0.05, 0) is 29.7 Å². The molecule has 3 rings (SSSR count). The van der Waals surface area contributed by atoms with Crippen molar-refractivity contribution >= 4 is 17.8 Å². The van der Waals surface area contributed by atoms with E-state index >= 15 is 0 Å². The maximum Gasteiger partial charge on any atom is 0.367 e. The first-order chi connectivity index (χ1) is 9.74. The average molecular weight is 263 g/mol. The van der Waals surface area contributed by atoms with Gasteiger partial charge in [0.2, 0.25) is 0 Å². The summed E-state index contributed by atoms with van der Waals surface area (Å²) in [6.07, 6.45) is 1.79. The highest BCUT2D eigenvalue weighted by Gasteiger charge is 2.21. The smallest absolute Gasteiger partial charge is 0.312 e. The summed E-state index contributed by atoms with van der Waals surface area (Å²) in [5.41, 5.74) is 4.39. The molecule has 0 aromatic heterocycles. The Labute approximate surface area is 117 Å². The van der Waals surface area contributed by atoms with Crippen LogP contribution in [0.25, 0.3) is 17.2 Å². The van der Waals surface area contributed by atoms with Crippen LogP contribution in [-0.4, -0.2) is 11.7 Å². The van der Waals surface area contributed by atoms with E-state index in [1.165, 1.54) is 5.56 Å². The van der Waals surface area contributed by atoms with E-state index in [0.717, 1.165) is 11.1 Å². The van der Waals surface area contributed by atoms with Crippen LogP contribution in [0.3, 0.4) is 0 Å².